The third-order valence-electron chi connectivity index (χ3n) is 5.14. The van der Waals surface area contributed by atoms with Gasteiger partial charge in [0.25, 0.3) is 0 Å². The van der Waals surface area contributed by atoms with Gasteiger partial charge in [0.15, 0.2) is 11.6 Å². The van der Waals surface area contributed by atoms with Crippen molar-refractivity contribution in [3.63, 3.8) is 0 Å². The fraction of sp³-hybridized carbons (Fsp3) is 0.238. The van der Waals surface area contributed by atoms with Gasteiger partial charge in [0.2, 0.25) is 0 Å². The smallest absolute Gasteiger partial charge is 0.182 e. The Bertz CT molecular complexity index is 1190. The molecule has 1 aliphatic heterocycles. The Balaban J connectivity index is 1.51. The fourth-order valence-electron chi connectivity index (χ4n) is 3.55. The average molecular weight is 421 g/mol. The van der Waals surface area contributed by atoms with Crippen molar-refractivity contribution in [3.8, 4) is 22.9 Å². The summed E-state index contributed by atoms with van der Waals surface area (Å²) in [5.41, 5.74) is 9.25. The maximum atomic E-state index is 14.2. The first-order valence-electron chi connectivity index (χ1n) is 9.86. The van der Waals surface area contributed by atoms with Gasteiger partial charge in [-0.25, -0.2) is 14.4 Å². The Hall–Kier alpha value is -3.79. The second-order valence-electron chi connectivity index (χ2n) is 7.11. The van der Waals surface area contributed by atoms with E-state index in [4.69, 9.17) is 15.0 Å². The topological polar surface area (TPSA) is 108 Å². The van der Waals surface area contributed by atoms with Crippen LogP contribution in [0.5, 0.6) is 0 Å². The molecule has 0 atom stereocenters. The van der Waals surface area contributed by atoms with Gasteiger partial charge in [-0.15, -0.1) is 0 Å². The van der Waals surface area contributed by atoms with Crippen molar-refractivity contribution in [2.75, 3.05) is 36.9 Å². The summed E-state index contributed by atoms with van der Waals surface area (Å²) in [5.74, 6) is 0.450. The number of hydrogen-bond acceptors (Lipinski definition) is 8. The molecule has 0 amide bonds. The zero-order valence-corrected chi connectivity index (χ0v) is 16.6. The number of morpholine rings is 1. The molecule has 2 N–H and O–H groups in total. The van der Waals surface area contributed by atoms with E-state index in [1.807, 2.05) is 0 Å². The Morgan fingerprint density at radius 3 is 2.68 bits per heavy atom. The van der Waals surface area contributed by atoms with Crippen molar-refractivity contribution in [1.82, 2.24) is 24.9 Å². The van der Waals surface area contributed by atoms with Gasteiger partial charge in [0.05, 0.1) is 37.3 Å². The second-order valence-corrected chi connectivity index (χ2v) is 7.11. The van der Waals surface area contributed by atoms with E-state index >= 15 is 0 Å². The zero-order valence-electron chi connectivity index (χ0n) is 16.6. The summed E-state index contributed by atoms with van der Waals surface area (Å²) in [4.78, 5) is 11.0. The van der Waals surface area contributed by atoms with Crippen LogP contribution in [0, 0.1) is 5.82 Å². The molecule has 4 heterocycles. The number of ether oxygens (including phenoxy) is 1. The highest BCUT2D eigenvalue weighted by Crippen LogP contribution is 2.28. The number of aromatic nitrogens is 5. The van der Waals surface area contributed by atoms with Crippen LogP contribution in [0.4, 0.5) is 15.9 Å². The molecule has 1 fully saturated rings. The van der Waals surface area contributed by atoms with Crippen LogP contribution < -0.4 is 10.6 Å². The number of nitrogens with two attached hydrogens (primary N) is 1. The highest BCUT2D eigenvalue weighted by Gasteiger charge is 2.19. The van der Waals surface area contributed by atoms with E-state index in [2.05, 4.69) is 25.1 Å². The van der Waals surface area contributed by atoms with E-state index in [-0.39, 0.29) is 12.4 Å². The maximum absolute atomic E-state index is 14.2. The molecule has 0 saturated carbocycles. The quantitative estimate of drug-likeness (QED) is 0.524. The van der Waals surface area contributed by atoms with E-state index in [1.165, 1.54) is 12.3 Å². The monoisotopic (exact) mass is 421 g/mol. The van der Waals surface area contributed by atoms with Crippen LogP contribution in [-0.4, -0.2) is 51.2 Å². The van der Waals surface area contributed by atoms with Crippen LogP contribution in [0.2, 0.25) is 0 Å². The summed E-state index contributed by atoms with van der Waals surface area (Å²) in [7, 11) is 0. The SMILES string of the molecule is Nc1nc(-c2cc(-c3ccon3)n(Cc3ccccc3F)n2)ncc1N1CCOCC1. The molecule has 31 heavy (non-hydrogen) atoms. The lowest BCUT2D eigenvalue weighted by Crippen LogP contribution is -2.36. The van der Waals surface area contributed by atoms with Crippen molar-refractivity contribution >= 4 is 11.5 Å². The third-order valence-corrected chi connectivity index (χ3v) is 5.14. The predicted octanol–water partition coefficient (Wildman–Crippen LogP) is 2.60. The third kappa shape index (κ3) is 3.84. The molecule has 4 aromatic rings. The van der Waals surface area contributed by atoms with Crippen molar-refractivity contribution < 1.29 is 13.7 Å². The molecule has 158 valence electrons. The van der Waals surface area contributed by atoms with Gasteiger partial charge >= 0.3 is 0 Å². The van der Waals surface area contributed by atoms with Crippen LogP contribution in [-0.2, 0) is 11.3 Å². The molecular weight excluding hydrogens is 401 g/mol. The van der Waals surface area contributed by atoms with Crippen molar-refractivity contribution in [1.29, 1.82) is 0 Å². The molecule has 1 aromatic carbocycles. The molecule has 0 bridgehead atoms. The summed E-state index contributed by atoms with van der Waals surface area (Å²) in [6, 6.07) is 10.1. The number of hydrogen-bond donors (Lipinski definition) is 1. The average Bonchev–Trinajstić information content (AvgIpc) is 3.46. The first-order chi connectivity index (χ1) is 15.2. The minimum Gasteiger partial charge on any atom is -0.382 e. The van der Waals surface area contributed by atoms with Gasteiger partial charge in [-0.3, -0.25) is 4.68 Å². The summed E-state index contributed by atoms with van der Waals surface area (Å²) in [6.45, 7) is 2.97. The number of benzene rings is 1. The normalized spacial score (nSPS) is 14.2. The van der Waals surface area contributed by atoms with Gasteiger partial charge in [0.1, 0.15) is 23.5 Å². The van der Waals surface area contributed by atoms with E-state index in [9.17, 15) is 4.39 Å². The number of nitrogens with zero attached hydrogens (tertiary/aromatic N) is 6. The lowest BCUT2D eigenvalue weighted by Gasteiger charge is -2.29. The van der Waals surface area contributed by atoms with E-state index in [1.54, 1.807) is 41.2 Å². The highest BCUT2D eigenvalue weighted by molar-refractivity contribution is 5.68. The minimum atomic E-state index is -0.305. The highest BCUT2D eigenvalue weighted by atomic mass is 19.1. The van der Waals surface area contributed by atoms with E-state index in [0.29, 0.717) is 47.5 Å². The zero-order chi connectivity index (χ0) is 21.2. The second kappa shape index (κ2) is 8.15. The van der Waals surface area contributed by atoms with Gasteiger partial charge in [0, 0.05) is 24.7 Å². The minimum absolute atomic E-state index is 0.218. The lowest BCUT2D eigenvalue weighted by molar-refractivity contribution is 0.122. The van der Waals surface area contributed by atoms with Crippen LogP contribution in [0.25, 0.3) is 22.9 Å². The van der Waals surface area contributed by atoms with Gasteiger partial charge < -0.3 is 19.9 Å². The van der Waals surface area contributed by atoms with Crippen molar-refractivity contribution in [2.24, 2.45) is 0 Å². The molecule has 5 rings (SSSR count). The Morgan fingerprint density at radius 2 is 1.94 bits per heavy atom. The van der Waals surface area contributed by atoms with Gasteiger partial charge in [-0.1, -0.05) is 23.4 Å². The molecule has 10 heteroatoms. The number of nitrogen functional groups attached to an aromatic ring is 1. The van der Waals surface area contributed by atoms with Crippen LogP contribution in [0.3, 0.4) is 0 Å². The number of rotatable bonds is 5. The molecule has 0 spiro atoms. The largest absolute Gasteiger partial charge is 0.382 e. The number of halogens is 1. The first kappa shape index (κ1) is 19.2. The fourth-order valence-corrected chi connectivity index (χ4v) is 3.55. The van der Waals surface area contributed by atoms with Crippen LogP contribution in [0.15, 0.2) is 53.4 Å². The Labute approximate surface area is 177 Å². The number of anilines is 2. The molecule has 0 unspecified atom stereocenters. The summed E-state index contributed by atoms with van der Waals surface area (Å²) >= 11 is 0. The van der Waals surface area contributed by atoms with Crippen molar-refractivity contribution in [3.05, 3.63) is 60.2 Å². The molecule has 3 aromatic heterocycles. The van der Waals surface area contributed by atoms with E-state index in [0.717, 1.165) is 18.8 Å². The van der Waals surface area contributed by atoms with Crippen LogP contribution >= 0.6 is 0 Å². The van der Waals surface area contributed by atoms with Crippen LogP contribution in [0.1, 0.15) is 5.56 Å². The summed E-state index contributed by atoms with van der Waals surface area (Å²) < 4.78 is 26.2. The first-order valence-corrected chi connectivity index (χ1v) is 9.86. The molecule has 0 radical (unpaired) electrons. The van der Waals surface area contributed by atoms with Gasteiger partial charge in [-0.05, 0) is 12.1 Å². The lowest BCUT2D eigenvalue weighted by atomic mass is 10.2. The molecule has 1 aliphatic rings. The van der Waals surface area contributed by atoms with Gasteiger partial charge in [-0.2, -0.15) is 5.10 Å². The molecular formula is C21H20FN7O2. The molecule has 0 aliphatic carbocycles. The standard InChI is InChI=1S/C21H20FN7O2/c22-15-4-2-1-3-14(15)13-29-18(16-5-8-31-27-16)11-17(26-29)21-24-12-19(20(23)25-21)28-6-9-30-10-7-28/h1-5,8,11-12H,6-7,9-10,13H2,(H2,23,24,25). The Kier molecular flexibility index (Phi) is 5.04. The molecule has 9 nitrogen and oxygen atoms in total. The summed E-state index contributed by atoms with van der Waals surface area (Å²) in [6.07, 6.45) is 3.18. The van der Waals surface area contributed by atoms with Crippen molar-refractivity contribution in [2.45, 2.75) is 6.54 Å². The summed E-state index contributed by atoms with van der Waals surface area (Å²) in [5, 5.41) is 8.61. The maximum Gasteiger partial charge on any atom is 0.182 e. The molecule has 1 saturated heterocycles. The predicted molar refractivity (Wildman–Crippen MR) is 112 cm³/mol. The Morgan fingerprint density at radius 1 is 1.10 bits per heavy atom. The van der Waals surface area contributed by atoms with E-state index < -0.39 is 0 Å².